The fourth-order valence-electron chi connectivity index (χ4n) is 2.41. The Balaban J connectivity index is 0.000000567. The van der Waals surface area contributed by atoms with Crippen LogP contribution in [0.2, 0.25) is 0 Å². The Bertz CT molecular complexity index is 670. The number of hydrogen-bond acceptors (Lipinski definition) is 3. The molecule has 0 saturated heterocycles. The molecule has 2 fully saturated rings. The van der Waals surface area contributed by atoms with E-state index in [9.17, 15) is 15.0 Å². The summed E-state index contributed by atoms with van der Waals surface area (Å²) in [4.78, 5) is 12.2. The maximum Gasteiger partial charge on any atom is 2.00 e. The van der Waals surface area contributed by atoms with Gasteiger partial charge in [-0.3, -0.25) is 4.79 Å². The van der Waals surface area contributed by atoms with Gasteiger partial charge in [-0.25, -0.2) is 0 Å². The summed E-state index contributed by atoms with van der Waals surface area (Å²) in [6.07, 6.45) is 23.0. The van der Waals surface area contributed by atoms with Crippen molar-refractivity contribution < 1.29 is 34.5 Å². The molecule has 2 aliphatic carbocycles. The van der Waals surface area contributed by atoms with E-state index in [2.05, 4.69) is 0 Å². The second kappa shape index (κ2) is 12.9. The van der Waals surface area contributed by atoms with Crippen LogP contribution in [-0.4, -0.2) is 16.0 Å². The molecule has 0 aromatic heterocycles. The van der Waals surface area contributed by atoms with E-state index in [0.717, 1.165) is 11.5 Å². The van der Waals surface area contributed by atoms with Gasteiger partial charge in [0.05, 0.1) is 5.56 Å². The number of allylic oxidation sites excluding steroid dienone is 4. The number of benzene rings is 1. The van der Waals surface area contributed by atoms with Crippen LogP contribution in [0.15, 0.2) is 35.9 Å². The Hall–Kier alpha value is -1.41. The Morgan fingerprint density at radius 3 is 2.04 bits per heavy atom. The van der Waals surface area contributed by atoms with Crippen molar-refractivity contribution in [1.82, 2.24) is 0 Å². The summed E-state index contributed by atoms with van der Waals surface area (Å²) in [5.41, 5.74) is 1.64. The molecule has 144 valence electrons. The molecule has 0 heterocycles. The standard InChI is InChI=1S/C19H19O3.C5H5.Ru/c1-13(2)7-9-15-18(21)12-10-16(19(15)22)17(20)11-8-14-5-3-4-6-14;1-2-4-5-3-1;/h3-8,10-12,21-22H,9H2,1-2H3;1-5H;/q;;+2/b11-8+;;. The van der Waals surface area contributed by atoms with Crippen molar-refractivity contribution in [2.24, 2.45) is 0 Å². The van der Waals surface area contributed by atoms with Gasteiger partial charge in [-0.15, -0.1) is 0 Å². The van der Waals surface area contributed by atoms with Gasteiger partial charge in [0.15, 0.2) is 5.78 Å². The molecular weight excluding hydrogens is 437 g/mol. The molecular formula is C24H24O3Ru+2. The minimum Gasteiger partial charge on any atom is -0.508 e. The van der Waals surface area contributed by atoms with E-state index in [4.69, 9.17) is 0 Å². The maximum atomic E-state index is 12.2. The number of phenolic OH excluding ortho intramolecular Hbond substituents is 2. The number of carbonyl (C=O) groups excluding carboxylic acids is 1. The molecule has 2 saturated carbocycles. The van der Waals surface area contributed by atoms with E-state index >= 15 is 0 Å². The summed E-state index contributed by atoms with van der Waals surface area (Å²) in [7, 11) is 0. The third-order valence-corrected chi connectivity index (χ3v) is 3.91. The zero-order valence-corrected chi connectivity index (χ0v) is 17.7. The topological polar surface area (TPSA) is 57.5 Å². The number of carbonyl (C=O) groups is 1. The average Bonchev–Trinajstić information content (AvgIpc) is 3.35. The Kier molecular flexibility index (Phi) is 11.4. The molecule has 2 N–H and O–H groups in total. The van der Waals surface area contributed by atoms with Gasteiger partial charge < -0.3 is 10.2 Å². The summed E-state index contributed by atoms with van der Waals surface area (Å²) < 4.78 is 0. The van der Waals surface area contributed by atoms with Crippen LogP contribution in [-0.2, 0) is 25.9 Å². The molecule has 4 heteroatoms. The smallest absolute Gasteiger partial charge is 0.508 e. The number of ketones is 1. The largest absolute Gasteiger partial charge is 2.00 e. The summed E-state index contributed by atoms with van der Waals surface area (Å²) in [6, 6.07) is 2.88. The van der Waals surface area contributed by atoms with Crippen molar-refractivity contribution in [3.8, 4) is 11.5 Å². The van der Waals surface area contributed by atoms with Crippen LogP contribution in [0.3, 0.4) is 0 Å². The van der Waals surface area contributed by atoms with Gasteiger partial charge in [-0.2, -0.15) is 0 Å². The van der Waals surface area contributed by atoms with Crippen LogP contribution >= 0.6 is 0 Å². The number of aromatic hydroxyl groups is 2. The SMILES string of the molecule is CC(C)=CCc1c(O)ccc(C(=O)/C=C/[C]2[CH][CH][CH][CH]2)c1O.[CH]1[CH][CH][CH][CH]1.[Ru+2]. The van der Waals surface area contributed by atoms with Gasteiger partial charge in [0.1, 0.15) is 11.5 Å². The average molecular weight is 462 g/mol. The van der Waals surface area contributed by atoms with Gasteiger partial charge in [0, 0.05) is 11.5 Å². The molecule has 0 aliphatic heterocycles. The second-order valence-electron chi connectivity index (χ2n) is 6.32. The molecule has 0 bridgehead atoms. The first kappa shape index (κ1) is 24.6. The Morgan fingerprint density at radius 2 is 1.50 bits per heavy atom. The van der Waals surface area contributed by atoms with Crippen molar-refractivity contribution in [2.45, 2.75) is 20.3 Å². The predicted octanol–water partition coefficient (Wildman–Crippen LogP) is 4.77. The Labute approximate surface area is 182 Å². The molecule has 0 atom stereocenters. The van der Waals surface area contributed by atoms with Gasteiger partial charge >= 0.3 is 19.5 Å². The van der Waals surface area contributed by atoms with Crippen molar-refractivity contribution in [3.05, 3.63) is 111 Å². The van der Waals surface area contributed by atoms with Crippen molar-refractivity contribution in [2.75, 3.05) is 0 Å². The molecule has 0 unspecified atom stereocenters. The first-order valence-corrected chi connectivity index (χ1v) is 8.77. The molecule has 3 nitrogen and oxygen atoms in total. The summed E-state index contributed by atoms with van der Waals surface area (Å²) in [6.45, 7) is 3.87. The number of phenols is 2. The monoisotopic (exact) mass is 462 g/mol. The van der Waals surface area contributed by atoms with Crippen molar-refractivity contribution >= 4 is 5.78 Å². The number of hydrogen-bond donors (Lipinski definition) is 2. The first-order chi connectivity index (χ1) is 13.0. The van der Waals surface area contributed by atoms with Crippen LogP contribution < -0.4 is 0 Å². The normalized spacial score (nSPS) is 16.4. The minimum absolute atomic E-state index is 0. The van der Waals surface area contributed by atoms with Crippen molar-refractivity contribution in [1.29, 1.82) is 0 Å². The van der Waals surface area contributed by atoms with Crippen LogP contribution in [0.5, 0.6) is 11.5 Å². The maximum absolute atomic E-state index is 12.2. The quantitative estimate of drug-likeness (QED) is 0.288. The fraction of sp³-hybridized carbons (Fsp3) is 0.125. The third kappa shape index (κ3) is 7.91. The van der Waals surface area contributed by atoms with Crippen LogP contribution in [0.25, 0.3) is 0 Å². The summed E-state index contributed by atoms with van der Waals surface area (Å²) >= 11 is 0. The summed E-state index contributed by atoms with van der Waals surface area (Å²) in [5, 5.41) is 20.1. The Morgan fingerprint density at radius 1 is 0.929 bits per heavy atom. The van der Waals surface area contributed by atoms with Crippen LogP contribution in [0, 0.1) is 63.7 Å². The molecule has 1 aromatic carbocycles. The number of rotatable bonds is 5. The first-order valence-electron chi connectivity index (χ1n) is 8.77. The summed E-state index contributed by atoms with van der Waals surface area (Å²) in [5.74, 6) is 0.467. The molecule has 28 heavy (non-hydrogen) atoms. The van der Waals surface area contributed by atoms with E-state index in [-0.39, 0.29) is 42.3 Å². The molecule has 1 aromatic rings. The zero-order valence-electron chi connectivity index (χ0n) is 15.9. The predicted molar refractivity (Wildman–Crippen MR) is 108 cm³/mol. The molecule has 10 radical (unpaired) electrons. The third-order valence-electron chi connectivity index (χ3n) is 3.91. The van der Waals surface area contributed by atoms with Gasteiger partial charge in [0.25, 0.3) is 0 Å². The van der Waals surface area contributed by atoms with Gasteiger partial charge in [-0.1, -0.05) is 17.7 Å². The van der Waals surface area contributed by atoms with Crippen molar-refractivity contribution in [3.63, 3.8) is 0 Å². The molecule has 2 aliphatic rings. The second-order valence-corrected chi connectivity index (χ2v) is 6.32. The van der Waals surface area contributed by atoms with Gasteiger partial charge in [-0.05, 0) is 96.3 Å². The van der Waals surface area contributed by atoms with E-state index < -0.39 is 0 Å². The van der Waals surface area contributed by atoms with E-state index in [1.54, 1.807) is 6.08 Å². The molecule has 0 spiro atoms. The van der Waals surface area contributed by atoms with Gasteiger partial charge in [0.2, 0.25) is 0 Å². The van der Waals surface area contributed by atoms with Crippen LogP contribution in [0.1, 0.15) is 29.8 Å². The molecule has 0 amide bonds. The van der Waals surface area contributed by atoms with E-state index in [1.165, 1.54) is 18.2 Å². The van der Waals surface area contributed by atoms with E-state index in [0.29, 0.717) is 12.0 Å². The van der Waals surface area contributed by atoms with E-state index in [1.807, 2.05) is 77.7 Å². The fourth-order valence-corrected chi connectivity index (χ4v) is 2.41. The minimum atomic E-state index is -0.294. The zero-order chi connectivity index (χ0) is 19.6. The van der Waals surface area contributed by atoms with Crippen LogP contribution in [0.4, 0.5) is 0 Å². The molecule has 3 rings (SSSR count).